The maximum atomic E-state index is 12.6. The molecule has 0 unspecified atom stereocenters. The standard InChI is InChI=1S/C12H10BrF3N2O2.C8H5F3N2.2C4H6BrClO2.C4H7BrO3/c1-11(20,6-13)10(19)18-7-3-4-8(12(14,15)16)9(5-7)17-2;1-13-7-3-2-5(12)4-6(7)8(9,10)11;3*1-4(8,2-5)3(6)7/h3-5,20H,6H2,1H3,(H,18,19);2-4H,12H2;2*8H,2H2,1H3;8H,2H2,1H3,(H,6,7)/t11-;;3*4-/m0.000/s1. The molecule has 0 fully saturated rings. The van der Waals surface area contributed by atoms with Gasteiger partial charge in [0.05, 0.1) is 24.3 Å². The fourth-order valence-electron chi connectivity index (χ4n) is 2.31. The number of halogens is 12. The monoisotopic (exact) mass is 1120 g/mol. The molecule has 2 rings (SSSR count). The number of hydrogen-bond donors (Lipinski definition) is 7. The van der Waals surface area contributed by atoms with Gasteiger partial charge in [-0.1, -0.05) is 75.9 Å². The van der Waals surface area contributed by atoms with Gasteiger partial charge in [0, 0.05) is 32.7 Å². The molecule has 0 aliphatic carbocycles. The molecule has 0 aliphatic heterocycles. The van der Waals surface area contributed by atoms with E-state index in [0.29, 0.717) is 6.07 Å². The van der Waals surface area contributed by atoms with E-state index >= 15 is 0 Å². The van der Waals surface area contributed by atoms with Crippen molar-refractivity contribution >= 4 is 132 Å². The lowest BCUT2D eigenvalue weighted by Crippen LogP contribution is -2.41. The highest BCUT2D eigenvalue weighted by Crippen LogP contribution is 2.38. The van der Waals surface area contributed by atoms with Gasteiger partial charge in [-0.2, -0.15) is 26.3 Å². The van der Waals surface area contributed by atoms with Gasteiger partial charge < -0.3 is 36.6 Å². The van der Waals surface area contributed by atoms with Crippen molar-refractivity contribution in [2.75, 3.05) is 32.4 Å². The van der Waals surface area contributed by atoms with E-state index in [1.165, 1.54) is 33.8 Å². The average molecular weight is 1120 g/mol. The Morgan fingerprint density at radius 2 is 1.05 bits per heavy atom. The molecule has 0 saturated heterocycles. The molecule has 320 valence electrons. The first-order valence-electron chi connectivity index (χ1n) is 14.6. The summed E-state index contributed by atoms with van der Waals surface area (Å²) in [5, 5.41) is 45.4. The molecule has 2 aromatic carbocycles. The largest absolute Gasteiger partial charge is 0.479 e. The minimum atomic E-state index is -4.64. The smallest absolute Gasteiger partial charge is 0.407 e. The molecule has 0 spiro atoms. The number of carboxylic acids is 1. The lowest BCUT2D eigenvalue weighted by atomic mass is 10.1. The second-order valence-electron chi connectivity index (χ2n) is 11.7. The summed E-state index contributed by atoms with van der Waals surface area (Å²) >= 11 is 21.5. The van der Waals surface area contributed by atoms with Crippen molar-refractivity contribution in [2.45, 2.75) is 62.5 Å². The van der Waals surface area contributed by atoms with Crippen LogP contribution in [-0.2, 0) is 31.5 Å². The molecule has 57 heavy (non-hydrogen) atoms. The number of hydrogen-bond acceptors (Lipinski definition) is 9. The minimum absolute atomic E-state index is 0.000255. The molecule has 0 aromatic heterocycles. The summed E-state index contributed by atoms with van der Waals surface area (Å²) < 4.78 is 74.4. The molecule has 0 radical (unpaired) electrons. The highest BCUT2D eigenvalue weighted by Gasteiger charge is 2.35. The normalized spacial score (nSPS) is 14.8. The van der Waals surface area contributed by atoms with Crippen molar-refractivity contribution in [1.29, 1.82) is 0 Å². The zero-order valence-electron chi connectivity index (χ0n) is 29.7. The number of alkyl halides is 10. The average Bonchev–Trinajstić information content (AvgIpc) is 3.11. The SMILES string of the molecule is C[C@](O)(CBr)C(=O)Cl.C[C@](O)(CBr)C(=O)Cl.C[C@](O)(CBr)C(=O)O.[C-]#[N+]c1cc(NC(=O)[C@@](C)(O)CBr)ccc1C(F)(F)F.[C-]#[N+]c1ccc(N)cc1C(F)(F)F. The zero-order chi connectivity index (χ0) is 46.0. The van der Waals surface area contributed by atoms with Gasteiger partial charge in [-0.25, -0.2) is 14.5 Å². The van der Waals surface area contributed by atoms with Crippen LogP contribution in [0.15, 0.2) is 36.4 Å². The lowest BCUT2D eigenvalue weighted by molar-refractivity contribution is -0.154. The van der Waals surface area contributed by atoms with Gasteiger partial charge in [-0.15, -0.1) is 0 Å². The Morgan fingerprint density at radius 1 is 0.667 bits per heavy atom. The number of nitrogens with one attached hydrogen (secondary N) is 1. The predicted octanol–water partition coefficient (Wildman–Crippen LogP) is 8.19. The second-order valence-corrected chi connectivity index (χ2v) is 14.6. The number of aliphatic hydroxyl groups is 4. The molecule has 2 aromatic rings. The maximum absolute atomic E-state index is 12.6. The van der Waals surface area contributed by atoms with Gasteiger partial charge in [0.25, 0.3) is 16.4 Å². The Balaban J connectivity index is -0.000000683. The number of nitrogens with two attached hydrogens (primary N) is 1. The van der Waals surface area contributed by atoms with E-state index in [9.17, 15) is 50.6 Å². The summed E-state index contributed by atoms with van der Waals surface area (Å²) in [7, 11) is 0. The number of amides is 1. The number of carboxylic acid groups (broad SMARTS) is 1. The molecule has 25 heteroatoms. The summed E-state index contributed by atoms with van der Waals surface area (Å²) in [6.07, 6.45) is -9.15. The molecule has 13 nitrogen and oxygen atoms in total. The molecule has 4 atom stereocenters. The fraction of sp³-hybridized carbons (Fsp3) is 0.438. The quantitative estimate of drug-likeness (QED) is 0.0420. The first kappa shape index (κ1) is 58.7. The minimum Gasteiger partial charge on any atom is -0.479 e. The van der Waals surface area contributed by atoms with Crippen molar-refractivity contribution in [2.24, 2.45) is 0 Å². The Morgan fingerprint density at radius 3 is 1.32 bits per heavy atom. The van der Waals surface area contributed by atoms with E-state index in [0.717, 1.165) is 24.3 Å². The molecule has 0 heterocycles. The zero-order valence-corrected chi connectivity index (χ0v) is 37.5. The van der Waals surface area contributed by atoms with E-state index < -0.39 is 79.6 Å². The molecule has 1 amide bonds. The molecule has 8 N–H and O–H groups in total. The number of carbonyl (C=O) groups excluding carboxylic acids is 3. The van der Waals surface area contributed by atoms with Gasteiger partial charge in [0.2, 0.25) is 5.69 Å². The summed E-state index contributed by atoms with van der Waals surface area (Å²) in [6.45, 7) is 18.4. The van der Waals surface area contributed by atoms with Crippen LogP contribution in [0.1, 0.15) is 38.8 Å². The van der Waals surface area contributed by atoms with E-state index in [-0.39, 0.29) is 32.7 Å². The lowest BCUT2D eigenvalue weighted by Gasteiger charge is -2.20. The topological polar surface area (TPSA) is 216 Å². The van der Waals surface area contributed by atoms with Crippen molar-refractivity contribution in [3.05, 3.63) is 70.4 Å². The van der Waals surface area contributed by atoms with Crippen molar-refractivity contribution in [3.8, 4) is 0 Å². The maximum Gasteiger partial charge on any atom is 0.407 e. The van der Waals surface area contributed by atoms with Crippen LogP contribution >= 0.6 is 86.9 Å². The van der Waals surface area contributed by atoms with Crippen LogP contribution in [-0.4, -0.2) is 91.6 Å². The number of nitrogen functional groups attached to an aromatic ring is 1. The summed E-state index contributed by atoms with van der Waals surface area (Å²) in [4.78, 5) is 47.5. The fourth-order valence-corrected chi connectivity index (χ4v) is 3.77. The van der Waals surface area contributed by atoms with Crippen LogP contribution in [0.3, 0.4) is 0 Å². The van der Waals surface area contributed by atoms with E-state index in [1.54, 1.807) is 0 Å². The predicted molar refractivity (Wildman–Crippen MR) is 215 cm³/mol. The van der Waals surface area contributed by atoms with Gasteiger partial charge >= 0.3 is 18.3 Å². The van der Waals surface area contributed by atoms with E-state index in [4.69, 9.17) is 62.5 Å². The van der Waals surface area contributed by atoms with Crippen LogP contribution in [0.25, 0.3) is 9.69 Å². The van der Waals surface area contributed by atoms with Crippen molar-refractivity contribution in [3.63, 3.8) is 0 Å². The number of nitrogens with zero attached hydrogens (tertiary/aromatic N) is 2. The van der Waals surface area contributed by atoms with Crippen molar-refractivity contribution in [1.82, 2.24) is 0 Å². The van der Waals surface area contributed by atoms with Crippen LogP contribution in [0, 0.1) is 13.1 Å². The Hall–Kier alpha value is -2.58. The Kier molecular flexibility index (Phi) is 25.9. The van der Waals surface area contributed by atoms with Crippen LogP contribution in [0.5, 0.6) is 0 Å². The van der Waals surface area contributed by atoms with Crippen LogP contribution in [0.2, 0.25) is 0 Å². The molecular weight excluding hydrogens is 1090 g/mol. The number of anilines is 2. The summed E-state index contributed by atoms with van der Waals surface area (Å²) in [5.41, 5.74) is -4.08. The number of aliphatic carboxylic acids is 1. The van der Waals surface area contributed by atoms with Crippen LogP contribution in [0.4, 0.5) is 49.1 Å². The third-order valence-corrected chi connectivity index (χ3v) is 11.1. The first-order valence-corrected chi connectivity index (χ1v) is 19.8. The highest BCUT2D eigenvalue weighted by molar-refractivity contribution is 9.09. The molecule has 0 saturated carbocycles. The number of rotatable bonds is 9. The van der Waals surface area contributed by atoms with E-state index in [1.807, 2.05) is 0 Å². The third-order valence-electron chi connectivity index (χ3n) is 5.97. The number of carbonyl (C=O) groups is 4. The Labute approximate surface area is 366 Å². The molecular formula is C32H34Br4Cl2F6N4O9. The molecule has 0 bridgehead atoms. The second kappa shape index (κ2) is 25.1. The number of benzene rings is 2. The van der Waals surface area contributed by atoms with E-state index in [2.05, 4.69) is 78.7 Å². The van der Waals surface area contributed by atoms with Crippen molar-refractivity contribution < 1.29 is 71.1 Å². The van der Waals surface area contributed by atoms with Crippen LogP contribution < -0.4 is 11.1 Å². The summed E-state index contributed by atoms with van der Waals surface area (Å²) in [6, 6.07) is 5.74. The van der Waals surface area contributed by atoms with Gasteiger partial charge in [0.15, 0.2) is 11.3 Å². The third kappa shape index (κ3) is 22.4. The summed E-state index contributed by atoms with van der Waals surface area (Å²) in [5.74, 6) is -2.00. The molecule has 0 aliphatic rings. The van der Waals surface area contributed by atoms with Gasteiger partial charge in [-0.3, -0.25) is 14.4 Å². The Bertz CT molecular complexity index is 1710. The van der Waals surface area contributed by atoms with Gasteiger partial charge in [0.1, 0.15) is 16.8 Å². The first-order chi connectivity index (χ1) is 25.6. The highest BCUT2D eigenvalue weighted by atomic mass is 79.9. The van der Waals surface area contributed by atoms with Gasteiger partial charge in [-0.05, 0) is 75.2 Å².